The van der Waals surface area contributed by atoms with Crippen LogP contribution in [0.15, 0.2) is 48.5 Å². The number of hydrogen-bond donors (Lipinski definition) is 2. The van der Waals surface area contributed by atoms with Crippen LogP contribution in [-0.2, 0) is 4.79 Å². The summed E-state index contributed by atoms with van der Waals surface area (Å²) < 4.78 is 1.22. The summed E-state index contributed by atoms with van der Waals surface area (Å²) in [5.74, 6) is 0.252. The Bertz CT molecular complexity index is 978. The molecule has 4 rings (SSSR count). The number of nitro benzene ring substituents is 1. The van der Waals surface area contributed by atoms with Crippen LogP contribution in [0.5, 0.6) is 0 Å². The van der Waals surface area contributed by atoms with E-state index in [1.807, 2.05) is 18.2 Å². The number of aromatic nitrogens is 1. The number of nitro groups is 1. The highest BCUT2D eigenvalue weighted by molar-refractivity contribution is 7.18. The number of anilines is 1. The van der Waals surface area contributed by atoms with Gasteiger partial charge in [-0.25, -0.2) is 4.98 Å². The van der Waals surface area contributed by atoms with Crippen molar-refractivity contribution >= 4 is 38.8 Å². The second-order valence-corrected chi connectivity index (χ2v) is 8.11. The van der Waals surface area contributed by atoms with E-state index in [1.165, 1.54) is 20.7 Å². The fourth-order valence-electron chi connectivity index (χ4n) is 3.67. The first kappa shape index (κ1) is 18.5. The van der Waals surface area contributed by atoms with Crippen LogP contribution in [0.2, 0.25) is 0 Å². The van der Waals surface area contributed by atoms with Crippen LogP contribution in [0, 0.1) is 10.1 Å². The van der Waals surface area contributed by atoms with Crippen molar-refractivity contribution in [3.05, 3.63) is 63.7 Å². The van der Waals surface area contributed by atoms with Crippen LogP contribution in [0.4, 0.5) is 11.4 Å². The number of nitrogens with one attached hydrogen (secondary N) is 2. The molecule has 0 unspecified atom stereocenters. The lowest BCUT2D eigenvalue weighted by Gasteiger charge is -2.27. The molecule has 2 heterocycles. The number of para-hydroxylation sites is 3. The van der Waals surface area contributed by atoms with E-state index >= 15 is 0 Å². The van der Waals surface area contributed by atoms with Gasteiger partial charge in [-0.1, -0.05) is 24.3 Å². The van der Waals surface area contributed by atoms with Gasteiger partial charge in [0.05, 0.1) is 33.2 Å². The third-order valence-electron chi connectivity index (χ3n) is 5.14. The molecule has 1 aromatic heterocycles. The zero-order chi connectivity index (χ0) is 19.5. The minimum absolute atomic E-state index is 0.0830. The molecule has 28 heavy (non-hydrogen) atoms. The molecule has 0 atom stereocenters. The largest absolute Gasteiger partial charge is 0.327 e. The Hall–Kier alpha value is -2.84. The van der Waals surface area contributed by atoms with Crippen LogP contribution < -0.4 is 10.2 Å². The summed E-state index contributed by atoms with van der Waals surface area (Å²) in [5, 5.41) is 14.9. The molecule has 1 aliphatic rings. The van der Waals surface area contributed by atoms with Gasteiger partial charge in [-0.15, -0.1) is 11.3 Å². The Morgan fingerprint density at radius 2 is 1.89 bits per heavy atom. The fourth-order valence-corrected chi connectivity index (χ4v) is 4.81. The van der Waals surface area contributed by atoms with Crippen molar-refractivity contribution in [3.63, 3.8) is 0 Å². The van der Waals surface area contributed by atoms with Crippen molar-refractivity contribution in [2.24, 2.45) is 0 Å². The molecule has 2 N–H and O–H groups in total. The van der Waals surface area contributed by atoms with Crippen molar-refractivity contribution in [2.75, 3.05) is 25.0 Å². The van der Waals surface area contributed by atoms with E-state index in [2.05, 4.69) is 11.4 Å². The van der Waals surface area contributed by atoms with Gasteiger partial charge in [0.1, 0.15) is 5.69 Å². The molecule has 3 aromatic rings. The molecule has 1 aliphatic heterocycles. The number of carbonyl (C=O) groups excluding carboxylic acids is 1. The fraction of sp³-hybridized carbons (Fsp3) is 0.300. The minimum Gasteiger partial charge on any atom is -0.327 e. The normalized spacial score (nSPS) is 19.4. The predicted molar refractivity (Wildman–Crippen MR) is 109 cm³/mol. The quantitative estimate of drug-likeness (QED) is 0.512. The Balaban J connectivity index is 1.33. The molecule has 0 spiro atoms. The van der Waals surface area contributed by atoms with Gasteiger partial charge in [-0.05, 0) is 18.2 Å². The van der Waals surface area contributed by atoms with Gasteiger partial charge in [-0.2, -0.15) is 0 Å². The highest BCUT2D eigenvalue weighted by Gasteiger charge is 2.27. The first-order chi connectivity index (χ1) is 13.6. The van der Waals surface area contributed by atoms with Crippen LogP contribution in [0.1, 0.15) is 23.8 Å². The summed E-state index contributed by atoms with van der Waals surface area (Å²) >= 11 is 1.76. The molecule has 7 nitrogen and oxygen atoms in total. The van der Waals surface area contributed by atoms with Crippen LogP contribution in [0.25, 0.3) is 10.2 Å². The predicted octanol–water partition coefficient (Wildman–Crippen LogP) is 2.61. The van der Waals surface area contributed by atoms with Crippen molar-refractivity contribution in [3.8, 4) is 0 Å². The smallest absolute Gasteiger partial charge is 0.292 e. The minimum atomic E-state index is -0.480. The van der Waals surface area contributed by atoms with E-state index in [-0.39, 0.29) is 17.3 Å². The number of carbonyl (C=O) groups is 1. The maximum absolute atomic E-state index is 12.4. The molecule has 144 valence electrons. The zero-order valence-electron chi connectivity index (χ0n) is 15.3. The van der Waals surface area contributed by atoms with E-state index in [9.17, 15) is 14.9 Å². The maximum atomic E-state index is 12.4. The van der Waals surface area contributed by atoms with E-state index in [1.54, 1.807) is 29.5 Å². The van der Waals surface area contributed by atoms with Crippen molar-refractivity contribution < 1.29 is 14.6 Å². The third-order valence-corrected chi connectivity index (χ3v) is 6.34. The number of likely N-dealkylation sites (tertiary alicyclic amines) is 1. The first-order valence-corrected chi connectivity index (χ1v) is 10.1. The monoisotopic (exact) mass is 397 g/mol. The van der Waals surface area contributed by atoms with Gasteiger partial charge in [0.15, 0.2) is 6.54 Å². The number of quaternary nitrogens is 1. The lowest BCUT2D eigenvalue weighted by Crippen LogP contribution is -3.14. The zero-order valence-corrected chi connectivity index (χ0v) is 16.1. The molecule has 0 radical (unpaired) electrons. The van der Waals surface area contributed by atoms with Gasteiger partial charge in [0.2, 0.25) is 0 Å². The highest BCUT2D eigenvalue weighted by atomic mass is 32.1. The molecule has 0 aliphatic carbocycles. The number of hydrogen-bond acceptors (Lipinski definition) is 5. The molecule has 2 aromatic carbocycles. The van der Waals surface area contributed by atoms with E-state index < -0.39 is 4.92 Å². The summed E-state index contributed by atoms with van der Waals surface area (Å²) in [6, 6.07) is 14.4. The number of nitrogens with zero attached hydrogens (tertiary/aromatic N) is 2. The first-order valence-electron chi connectivity index (χ1n) is 9.32. The second kappa shape index (κ2) is 8.04. The van der Waals surface area contributed by atoms with Crippen LogP contribution in [0.3, 0.4) is 0 Å². The van der Waals surface area contributed by atoms with Crippen molar-refractivity contribution in [1.29, 1.82) is 0 Å². The lowest BCUT2D eigenvalue weighted by atomic mass is 9.97. The molecular formula is C20H21N4O3S+. The van der Waals surface area contributed by atoms with Crippen molar-refractivity contribution in [1.82, 2.24) is 4.98 Å². The highest BCUT2D eigenvalue weighted by Crippen LogP contribution is 2.31. The SMILES string of the molecule is O=C(C[NH+]1CCC(c2nc3ccccc3s2)CC1)Nc1ccccc1[N+](=O)[O-]. The van der Waals surface area contributed by atoms with Gasteiger partial charge >= 0.3 is 0 Å². The number of piperidine rings is 1. The average molecular weight is 397 g/mol. The van der Waals surface area contributed by atoms with E-state index in [0.29, 0.717) is 12.5 Å². The molecule has 0 bridgehead atoms. The Morgan fingerprint density at radius 1 is 1.18 bits per heavy atom. The van der Waals surface area contributed by atoms with Crippen LogP contribution in [-0.4, -0.2) is 35.4 Å². The van der Waals surface area contributed by atoms with Gasteiger partial charge in [0.25, 0.3) is 11.6 Å². The summed E-state index contributed by atoms with van der Waals surface area (Å²) in [6.45, 7) is 2.11. The topological polar surface area (TPSA) is 89.6 Å². The molecule has 1 saturated heterocycles. The second-order valence-electron chi connectivity index (χ2n) is 7.04. The Kier molecular flexibility index (Phi) is 5.31. The molecule has 1 amide bonds. The molecular weight excluding hydrogens is 376 g/mol. The van der Waals surface area contributed by atoms with E-state index in [4.69, 9.17) is 4.98 Å². The summed E-state index contributed by atoms with van der Waals surface area (Å²) in [7, 11) is 0. The number of thiazole rings is 1. The van der Waals surface area contributed by atoms with Crippen LogP contribution >= 0.6 is 11.3 Å². The summed E-state index contributed by atoms with van der Waals surface area (Å²) in [6.07, 6.45) is 1.99. The summed E-state index contributed by atoms with van der Waals surface area (Å²) in [5.41, 5.74) is 1.22. The van der Waals surface area contributed by atoms with E-state index in [0.717, 1.165) is 31.4 Å². The third kappa shape index (κ3) is 4.02. The maximum Gasteiger partial charge on any atom is 0.292 e. The average Bonchev–Trinajstić information content (AvgIpc) is 3.13. The molecule has 8 heteroatoms. The van der Waals surface area contributed by atoms with Gasteiger partial charge in [0, 0.05) is 24.8 Å². The number of benzene rings is 2. The number of amides is 1. The number of rotatable bonds is 5. The lowest BCUT2D eigenvalue weighted by molar-refractivity contribution is -0.897. The molecule has 1 fully saturated rings. The Labute approximate surface area is 166 Å². The standard InChI is InChI=1S/C20H20N4O3S/c25-19(21-15-5-1-3-7-17(15)24(26)27)13-23-11-9-14(10-12-23)20-22-16-6-2-4-8-18(16)28-20/h1-8,14H,9-13H2,(H,21,25)/p+1. The summed E-state index contributed by atoms with van der Waals surface area (Å²) in [4.78, 5) is 28.9. The van der Waals surface area contributed by atoms with Gasteiger partial charge in [-0.3, -0.25) is 14.9 Å². The number of fused-ring (bicyclic) bond motifs is 1. The molecule has 0 saturated carbocycles. The Morgan fingerprint density at radius 3 is 2.64 bits per heavy atom. The van der Waals surface area contributed by atoms with Crippen molar-refractivity contribution in [2.45, 2.75) is 18.8 Å². The van der Waals surface area contributed by atoms with Gasteiger partial charge < -0.3 is 10.2 Å².